The molecular weight excluding hydrogens is 1820 g/mol. The van der Waals surface area contributed by atoms with Gasteiger partial charge in [-0.1, -0.05) is 145 Å². The van der Waals surface area contributed by atoms with E-state index in [9.17, 15) is 64.7 Å². The molecule has 830 valence electrons. The van der Waals surface area contributed by atoms with Gasteiger partial charge in [-0.25, -0.2) is 0 Å². The fourth-order valence-electron chi connectivity index (χ4n) is 29.3. The summed E-state index contributed by atoms with van der Waals surface area (Å²) in [5, 5.41) is 0. The van der Waals surface area contributed by atoms with Gasteiger partial charge >= 0.3 is 48.2 Å². The molecule has 0 saturated heterocycles. The molecule has 14 unspecified atom stereocenters. The zero-order valence-corrected chi connectivity index (χ0v) is 80.5. The molecule has 24 aliphatic carbocycles. The number of rotatable bonds is 33. The van der Waals surface area contributed by atoms with E-state index < -0.39 is 46.0 Å². The summed E-state index contributed by atoms with van der Waals surface area (Å²) in [5.74, 6) is 11.3. The third-order valence-electron chi connectivity index (χ3n) is 36.6. The van der Waals surface area contributed by atoms with Crippen molar-refractivity contribution in [1.82, 2.24) is 0 Å². The number of hydrogen-bond donors (Lipinski definition) is 0. The van der Waals surface area contributed by atoms with Crippen LogP contribution < -0.4 is 0 Å². The number of ether oxygens (including phenoxy) is 12. The molecular formula is C115H208F6O20. The summed E-state index contributed by atoms with van der Waals surface area (Å²) in [6, 6.07) is 0. The topological polar surface area (TPSA) is 247 Å². The van der Waals surface area contributed by atoms with Crippen molar-refractivity contribution in [1.29, 1.82) is 0 Å². The van der Waals surface area contributed by atoms with E-state index in [1.165, 1.54) is 129 Å². The highest BCUT2D eigenvalue weighted by Crippen LogP contribution is 2.64. The Morgan fingerprint density at radius 3 is 0.787 bits per heavy atom. The maximum atomic E-state index is 13.0. The minimum absolute atomic E-state index is 0. The summed E-state index contributed by atoms with van der Waals surface area (Å²) < 4.78 is 143. The van der Waals surface area contributed by atoms with E-state index in [1.54, 1.807) is 0 Å². The third-order valence-corrected chi connectivity index (χ3v) is 36.6. The minimum atomic E-state index is -4.61. The van der Waals surface area contributed by atoms with Crippen LogP contribution in [0.5, 0.6) is 0 Å². The summed E-state index contributed by atoms with van der Waals surface area (Å²) >= 11 is 0. The minimum Gasteiger partial charge on any atom is -0.438 e. The molecule has 0 aromatic rings. The molecule has 24 fully saturated rings. The van der Waals surface area contributed by atoms with Gasteiger partial charge in [0.2, 0.25) is 0 Å². The number of ketones is 2. The molecule has 0 aliphatic heterocycles. The third kappa shape index (κ3) is 31.6. The Balaban J connectivity index is 0.000000833. The Morgan fingerprint density at radius 1 is 0.291 bits per heavy atom. The normalized spacial score (nSPS) is 35.2. The molecule has 0 radical (unpaired) electrons. The highest BCUT2D eigenvalue weighted by molar-refractivity contribution is 5.87. The first-order valence-corrected chi connectivity index (χ1v) is 50.8. The number of Topliss-reactive ketones (excluding diaryl/α,β-unsaturated/α-hetero) is 2. The molecule has 0 aromatic carbocycles. The molecule has 0 amide bonds. The molecule has 24 bridgehead atoms. The molecule has 0 heterocycles. The van der Waals surface area contributed by atoms with E-state index in [1.807, 2.05) is 69.2 Å². The van der Waals surface area contributed by atoms with Crippen molar-refractivity contribution in [3.8, 4) is 0 Å². The number of carbonyl (C=O) groups excluding carboxylic acids is 8. The van der Waals surface area contributed by atoms with Crippen molar-refractivity contribution in [3.05, 3.63) is 0 Å². The number of esters is 6. The van der Waals surface area contributed by atoms with E-state index in [0.717, 1.165) is 213 Å². The van der Waals surface area contributed by atoms with Crippen LogP contribution in [0.15, 0.2) is 0 Å². The van der Waals surface area contributed by atoms with Gasteiger partial charge in [0.15, 0.2) is 51.6 Å². The van der Waals surface area contributed by atoms with Gasteiger partial charge in [-0.3, -0.25) is 38.4 Å². The van der Waals surface area contributed by atoms with Gasteiger partial charge in [0.1, 0.15) is 11.6 Å². The predicted molar refractivity (Wildman–Crippen MR) is 549 cm³/mol. The van der Waals surface area contributed by atoms with Crippen molar-refractivity contribution in [2.45, 2.75) is 454 Å². The van der Waals surface area contributed by atoms with Crippen LogP contribution >= 0.6 is 0 Å². The summed E-state index contributed by atoms with van der Waals surface area (Å²) in [6.45, 7) is 25.4. The molecule has 20 nitrogen and oxygen atoms in total. The van der Waals surface area contributed by atoms with Gasteiger partial charge in [-0.2, -0.15) is 26.3 Å². The van der Waals surface area contributed by atoms with Gasteiger partial charge in [0.05, 0.1) is 60.8 Å². The first-order chi connectivity index (χ1) is 61.0. The van der Waals surface area contributed by atoms with Crippen LogP contribution in [-0.4, -0.2) is 139 Å². The number of halogens is 6. The smallest absolute Gasteiger partial charge is 0.404 e. The number of hydrogen-bond acceptors (Lipinski definition) is 20. The lowest BCUT2D eigenvalue weighted by Gasteiger charge is -2.56. The Morgan fingerprint density at radius 2 is 0.518 bits per heavy atom. The quantitative estimate of drug-likeness (QED) is 0.0195. The maximum absolute atomic E-state index is 13.0. The SMILES string of the molecule is C.C.C.C.C.C.C.C.C.C.C.C.CCC(C)(C(=O)OCOC1C2CC3CC(C2)CC1C3)C(F)(F)F.CCC(C)(C(=O)OCOCC12CC3CC(CC(C3)C1)C2)C(F)(F)F.CCC(C)(C)C(=O)OCOC1C2CC3CC(C2)C(=O)C1C3.CCC(C)(C)C(=O)OCOCC12CC3CC(CC(C3)C1)C2.CCC(C)C(=O)OCOC1C2CC3CC(C2)C(=O)C1C3.CCC(C)C(=O)OCOCC12CC3CC(CC(C3)C1)C2. The molecule has 0 N–H and O–H groups in total. The second-order valence-electron chi connectivity index (χ2n) is 47.0. The largest absolute Gasteiger partial charge is 0.438 e. The summed E-state index contributed by atoms with van der Waals surface area (Å²) in [4.78, 5) is 95.3. The van der Waals surface area contributed by atoms with Gasteiger partial charge in [-0.15, -0.1) is 0 Å². The first-order valence-electron chi connectivity index (χ1n) is 50.8. The molecule has 24 saturated carbocycles. The van der Waals surface area contributed by atoms with Crippen LogP contribution in [0, 0.1) is 174 Å². The van der Waals surface area contributed by atoms with E-state index >= 15 is 0 Å². The van der Waals surface area contributed by atoms with E-state index in [0.29, 0.717) is 58.6 Å². The van der Waals surface area contributed by atoms with Crippen LogP contribution in [0.1, 0.15) is 424 Å². The zero-order valence-electron chi connectivity index (χ0n) is 80.5. The highest BCUT2D eigenvalue weighted by Gasteiger charge is 2.61. The molecule has 24 aliphatic rings. The molecule has 0 aromatic heterocycles. The maximum Gasteiger partial charge on any atom is 0.404 e. The fourth-order valence-corrected chi connectivity index (χ4v) is 29.3. The summed E-state index contributed by atoms with van der Waals surface area (Å²) in [7, 11) is 0. The Bertz CT molecular complexity index is 3670. The summed E-state index contributed by atoms with van der Waals surface area (Å²) in [5.41, 5.74) is -4.80. The average molecular weight is 2020 g/mol. The number of alkyl halides is 6. The van der Waals surface area contributed by atoms with Crippen molar-refractivity contribution < 1.29 is 122 Å². The van der Waals surface area contributed by atoms with Crippen molar-refractivity contribution in [2.75, 3.05) is 60.6 Å². The second kappa shape index (κ2) is 55.8. The van der Waals surface area contributed by atoms with E-state index in [-0.39, 0.29) is 220 Å². The number of carbonyl (C=O) groups is 8. The van der Waals surface area contributed by atoms with Gasteiger partial charge in [0.25, 0.3) is 0 Å². The van der Waals surface area contributed by atoms with Gasteiger partial charge in [-0.05, 0) is 396 Å². The standard InChI is InChI=1S/C18H27F3O3.C18H30O3.C17H25F3O3.C17H26O4.C17H28O3.C16H24O4.12CH4/c1-3-16(2,18(19,20)21)15(22)24-11-23-10-17-7-12-4-13(8-17)6-14(5-12)9-17;1-4-17(2,3)16(19)21-12-20-11-18-8-13-5-14(9-18)7-15(6-13)10-18;1-3-16(2,17(18,19)20)15(21)23-9-22-14-12-5-10-4-11(7-12)8-13(14)6-10;1-4-17(2,3)16(19)21-9-20-15-12-6-10-5-11(8-12)14(18)13(15)7-10;1-3-12(2)16(18)20-11-19-10-17-7-13-4-14(8-17)6-15(5-13)9-17;1-3-9(2)16(18)20-8-19-15-12-5-10-4-11(7-12)14(17)13(15)6-10;;;;;;;;;;;;/h12-14H,3-11H2,1-2H3;13-15H,4-12H2,1-3H3;10-14H,3-9H2,1-2H3;10-13,15H,4-9H2,1-3H3;12-15H,3-11H2,1-2H3;9-13,15H,3-8H2,1-2H3;12*1H4. The predicted octanol–water partition coefficient (Wildman–Crippen LogP) is 30.1. The van der Waals surface area contributed by atoms with E-state index in [2.05, 4.69) is 0 Å². The van der Waals surface area contributed by atoms with Gasteiger partial charge in [0, 0.05) is 23.7 Å². The van der Waals surface area contributed by atoms with Crippen molar-refractivity contribution in [3.63, 3.8) is 0 Å². The molecule has 14 atom stereocenters. The zero-order chi connectivity index (χ0) is 93.1. The average Bonchev–Trinajstić information content (AvgIpc) is 0.761. The Kier molecular flexibility index (Phi) is 53.3. The Hall–Kier alpha value is -4.50. The molecule has 0 spiro atoms. The van der Waals surface area contributed by atoms with Crippen molar-refractivity contribution in [2.24, 2.45) is 174 Å². The van der Waals surface area contributed by atoms with Gasteiger partial charge < -0.3 is 56.8 Å². The Labute approximate surface area is 853 Å². The second-order valence-corrected chi connectivity index (χ2v) is 47.0. The lowest BCUT2D eigenvalue weighted by Crippen LogP contribution is -2.55. The van der Waals surface area contributed by atoms with Crippen LogP contribution in [0.2, 0.25) is 0 Å². The molecule has 24 rings (SSSR count). The molecule has 26 heteroatoms. The highest BCUT2D eigenvalue weighted by atomic mass is 19.4. The lowest BCUT2D eigenvalue weighted by atomic mass is 9.50. The van der Waals surface area contributed by atoms with Crippen molar-refractivity contribution >= 4 is 47.4 Å². The van der Waals surface area contributed by atoms with Crippen LogP contribution in [0.3, 0.4) is 0 Å². The van der Waals surface area contributed by atoms with Crippen LogP contribution in [0.4, 0.5) is 26.3 Å². The fraction of sp³-hybridized carbons (Fsp3) is 0.930. The van der Waals surface area contributed by atoms with Crippen LogP contribution in [-0.2, 0) is 95.2 Å². The monoisotopic (exact) mass is 2020 g/mol. The lowest BCUT2D eigenvalue weighted by molar-refractivity contribution is -0.241. The van der Waals surface area contributed by atoms with Crippen LogP contribution in [0.25, 0.3) is 0 Å². The molecule has 141 heavy (non-hydrogen) atoms. The summed E-state index contributed by atoms with van der Waals surface area (Å²) in [6.07, 6.45) is 31.9. The first kappa shape index (κ1) is 135. The van der Waals surface area contributed by atoms with E-state index in [4.69, 9.17) is 56.8 Å².